The summed E-state index contributed by atoms with van der Waals surface area (Å²) in [6, 6.07) is 3.38. The van der Waals surface area contributed by atoms with Gasteiger partial charge in [-0.2, -0.15) is 0 Å². The van der Waals surface area contributed by atoms with Crippen molar-refractivity contribution in [1.29, 1.82) is 0 Å². The molecule has 1 aromatic carbocycles. The number of benzene rings is 1. The van der Waals surface area contributed by atoms with Gasteiger partial charge in [-0.3, -0.25) is 14.9 Å². The summed E-state index contributed by atoms with van der Waals surface area (Å²) in [4.78, 5) is 18.0. The molecule has 2 aliphatic rings. The van der Waals surface area contributed by atoms with Gasteiger partial charge in [0, 0.05) is 30.6 Å². The number of nitrogens with one attached hydrogen (secondary N) is 2. The van der Waals surface area contributed by atoms with E-state index in [0.29, 0.717) is 29.7 Å². The molecular formula is C29H39F2N4O3+. The normalized spacial score (nSPS) is 19.3. The number of carbonyl (C=O) groups excluding carboxylic acids is 1. The molecule has 2 saturated heterocycles. The van der Waals surface area contributed by atoms with Crippen molar-refractivity contribution in [3.05, 3.63) is 71.1 Å². The highest BCUT2D eigenvalue weighted by molar-refractivity contribution is 5.75. The second-order valence-electron chi connectivity index (χ2n) is 9.92. The summed E-state index contributed by atoms with van der Waals surface area (Å²) in [5.41, 5.74) is 2.87. The Morgan fingerprint density at radius 1 is 1.03 bits per heavy atom. The summed E-state index contributed by atoms with van der Waals surface area (Å²) < 4.78 is 25.0. The van der Waals surface area contributed by atoms with E-state index in [2.05, 4.69) is 28.0 Å². The van der Waals surface area contributed by atoms with Gasteiger partial charge in [0.25, 0.3) is 0 Å². The molecule has 2 aliphatic heterocycles. The van der Waals surface area contributed by atoms with Crippen LogP contribution in [0.2, 0.25) is 0 Å². The Bertz CT molecular complexity index is 1060. The Balaban J connectivity index is 0.000000279. The summed E-state index contributed by atoms with van der Waals surface area (Å²) in [5.74, 6) is -0.128. The van der Waals surface area contributed by atoms with Gasteiger partial charge in [0.2, 0.25) is 6.21 Å². The molecule has 0 saturated carbocycles. The Morgan fingerprint density at radius 3 is 2.32 bits per heavy atom. The van der Waals surface area contributed by atoms with Crippen LogP contribution in [0.15, 0.2) is 42.7 Å². The van der Waals surface area contributed by atoms with E-state index < -0.39 is 11.6 Å². The fraction of sp³-hybridized carbons (Fsp3) is 0.448. The summed E-state index contributed by atoms with van der Waals surface area (Å²) in [6.07, 6.45) is 17.1. The number of allylic oxidation sites excluding steroid dienone is 2. The van der Waals surface area contributed by atoms with Crippen LogP contribution in [0.3, 0.4) is 0 Å². The second kappa shape index (κ2) is 15.3. The van der Waals surface area contributed by atoms with Gasteiger partial charge in [-0.15, -0.1) is 0 Å². The molecule has 38 heavy (non-hydrogen) atoms. The number of hydrogen-bond donors (Lipinski definition) is 4. The average molecular weight is 530 g/mol. The van der Waals surface area contributed by atoms with Crippen LogP contribution in [0.5, 0.6) is 0 Å². The van der Waals surface area contributed by atoms with Crippen LogP contribution in [-0.4, -0.2) is 83.5 Å². The van der Waals surface area contributed by atoms with Crippen molar-refractivity contribution in [2.75, 3.05) is 39.8 Å². The van der Waals surface area contributed by atoms with Crippen LogP contribution in [0.4, 0.5) is 8.78 Å². The van der Waals surface area contributed by atoms with Gasteiger partial charge in [-0.25, -0.2) is 8.78 Å². The van der Waals surface area contributed by atoms with Gasteiger partial charge in [-0.1, -0.05) is 6.08 Å². The Kier molecular flexibility index (Phi) is 11.9. The van der Waals surface area contributed by atoms with Crippen LogP contribution in [0.25, 0.3) is 12.2 Å². The van der Waals surface area contributed by atoms with E-state index in [0.717, 1.165) is 57.2 Å². The number of rotatable bonds is 8. The fourth-order valence-electron chi connectivity index (χ4n) is 5.42. The van der Waals surface area contributed by atoms with Crippen molar-refractivity contribution < 1.29 is 29.0 Å². The molecule has 0 spiro atoms. The molecule has 2 aromatic rings. The highest BCUT2D eigenvalue weighted by Gasteiger charge is 2.32. The van der Waals surface area contributed by atoms with Gasteiger partial charge in [0.1, 0.15) is 17.9 Å². The molecule has 0 bridgehead atoms. The molecule has 0 radical (unpaired) electrons. The Morgan fingerprint density at radius 2 is 1.71 bits per heavy atom. The maximum absolute atomic E-state index is 12.5. The second-order valence-corrected chi connectivity index (χ2v) is 9.92. The maximum atomic E-state index is 12.5. The number of halogens is 2. The molecule has 0 amide bonds. The van der Waals surface area contributed by atoms with E-state index in [1.165, 1.54) is 42.3 Å². The minimum Gasteiger partial charge on any atom is -0.395 e. The lowest BCUT2D eigenvalue weighted by molar-refractivity contribution is -0.733. The van der Waals surface area contributed by atoms with Crippen LogP contribution in [0, 0.1) is 17.6 Å². The van der Waals surface area contributed by atoms with Crippen molar-refractivity contribution in [3.8, 4) is 0 Å². The predicted octanol–water partition coefficient (Wildman–Crippen LogP) is 2.63. The average Bonchev–Trinajstić information content (AvgIpc) is 3.38. The third-order valence-corrected chi connectivity index (χ3v) is 7.44. The zero-order chi connectivity index (χ0) is 27.3. The SMILES string of the molecule is CN1CCC(C(CO)N2CCC(c3c[nH]cc3/C=C\C=[NH+]\O)CC2)CC1.O=C/C=C/c1cc(F)cc(F)c1. The van der Waals surface area contributed by atoms with E-state index in [-0.39, 0.29) is 6.61 Å². The monoisotopic (exact) mass is 529 g/mol. The lowest BCUT2D eigenvalue weighted by Crippen LogP contribution is -2.63. The lowest BCUT2D eigenvalue weighted by Gasteiger charge is -2.42. The number of aliphatic hydroxyl groups excluding tert-OH is 1. The van der Waals surface area contributed by atoms with E-state index in [4.69, 9.17) is 5.21 Å². The molecule has 4 rings (SSSR count). The van der Waals surface area contributed by atoms with Crippen molar-refractivity contribution in [1.82, 2.24) is 14.8 Å². The molecule has 4 N–H and O–H groups in total. The molecule has 1 atom stereocenters. The molecule has 0 aliphatic carbocycles. The van der Waals surface area contributed by atoms with E-state index in [1.807, 2.05) is 23.5 Å². The number of likely N-dealkylation sites (tertiary alicyclic amines) is 2. The van der Waals surface area contributed by atoms with E-state index in [1.54, 1.807) is 0 Å². The largest absolute Gasteiger partial charge is 0.395 e. The minimum atomic E-state index is -0.652. The van der Waals surface area contributed by atoms with Gasteiger partial charge in [0.05, 0.1) is 6.61 Å². The highest BCUT2D eigenvalue weighted by atomic mass is 19.1. The summed E-state index contributed by atoms with van der Waals surface area (Å²) in [5, 5.41) is 20.7. The van der Waals surface area contributed by atoms with Crippen molar-refractivity contribution in [2.24, 2.45) is 5.92 Å². The van der Waals surface area contributed by atoms with E-state index in [9.17, 15) is 18.7 Å². The van der Waals surface area contributed by atoms with Crippen LogP contribution >= 0.6 is 0 Å². The third kappa shape index (κ3) is 8.72. The number of nitrogens with zero attached hydrogens (tertiary/aromatic N) is 2. The Labute approximate surface area is 223 Å². The first-order valence-corrected chi connectivity index (χ1v) is 13.1. The smallest absolute Gasteiger partial charge is 0.212 e. The molecular weight excluding hydrogens is 490 g/mol. The van der Waals surface area contributed by atoms with Crippen molar-refractivity contribution >= 4 is 24.7 Å². The zero-order valence-electron chi connectivity index (χ0n) is 21.9. The van der Waals surface area contributed by atoms with Crippen molar-refractivity contribution in [3.63, 3.8) is 0 Å². The topological polar surface area (TPSA) is 93.8 Å². The number of aldehydes is 1. The fourth-order valence-corrected chi connectivity index (χ4v) is 5.42. The molecule has 2 fully saturated rings. The maximum Gasteiger partial charge on any atom is 0.212 e. The molecule has 3 heterocycles. The van der Waals surface area contributed by atoms with Crippen LogP contribution < -0.4 is 5.16 Å². The standard InChI is InChI=1S/C20H32N4O2.C9H6F2O/c1-23-9-4-17(5-10-23)20(15-25)24-11-6-16(7-12-24)19-14-21-13-18(19)3-2-8-22-26;10-8-4-7(2-1-3-12)5-9(11)6-8/h2-3,8,13-14,16-17,20-21,25-26H,4-7,9-12,15H2,1H3;1-6H/p+1/b3-2-,22-8+;2-1+. The number of H-pyrrole nitrogens is 1. The number of piperidine rings is 2. The molecule has 7 nitrogen and oxygen atoms in total. The van der Waals surface area contributed by atoms with Crippen LogP contribution in [0.1, 0.15) is 48.3 Å². The van der Waals surface area contributed by atoms with Crippen LogP contribution in [-0.2, 0) is 4.79 Å². The van der Waals surface area contributed by atoms with E-state index >= 15 is 0 Å². The number of aromatic nitrogens is 1. The van der Waals surface area contributed by atoms with Gasteiger partial charge < -0.3 is 15.0 Å². The predicted molar refractivity (Wildman–Crippen MR) is 145 cm³/mol. The first-order valence-electron chi connectivity index (χ1n) is 13.1. The summed E-state index contributed by atoms with van der Waals surface area (Å²) >= 11 is 0. The van der Waals surface area contributed by atoms with Gasteiger partial charge in [0.15, 0.2) is 0 Å². The number of aliphatic hydroxyl groups is 1. The van der Waals surface area contributed by atoms with Gasteiger partial charge in [-0.05, 0) is 117 Å². The quantitative estimate of drug-likeness (QED) is 0.139. The zero-order valence-corrected chi connectivity index (χ0v) is 21.9. The third-order valence-electron chi connectivity index (χ3n) is 7.44. The number of aromatic amines is 1. The van der Waals surface area contributed by atoms with Gasteiger partial charge >= 0.3 is 0 Å². The van der Waals surface area contributed by atoms with Crippen molar-refractivity contribution in [2.45, 2.75) is 37.6 Å². The number of hydrogen-bond acceptors (Lipinski definition) is 5. The lowest BCUT2D eigenvalue weighted by atomic mass is 9.84. The molecule has 206 valence electrons. The Hall–Kier alpha value is -3.14. The summed E-state index contributed by atoms with van der Waals surface area (Å²) in [6.45, 7) is 4.69. The molecule has 9 heteroatoms. The first-order chi connectivity index (χ1) is 18.4. The summed E-state index contributed by atoms with van der Waals surface area (Å²) in [7, 11) is 2.19. The molecule has 1 aromatic heterocycles. The number of carbonyl (C=O) groups is 1. The minimum absolute atomic E-state index is 0.279. The molecule has 1 unspecified atom stereocenters. The highest BCUT2D eigenvalue weighted by Crippen LogP contribution is 2.33. The first kappa shape index (κ1) is 29.4.